The average Bonchev–Trinajstić information content (AvgIpc) is 3.13. The first-order valence-corrected chi connectivity index (χ1v) is 12.3. The summed E-state index contributed by atoms with van der Waals surface area (Å²) in [4.78, 5) is 39.0. The van der Waals surface area contributed by atoms with Crippen LogP contribution in [0.5, 0.6) is 5.75 Å². The molecule has 0 aromatic heterocycles. The van der Waals surface area contributed by atoms with Crippen LogP contribution in [0.1, 0.15) is 54.6 Å². The van der Waals surface area contributed by atoms with Crippen LogP contribution in [0.2, 0.25) is 0 Å². The van der Waals surface area contributed by atoms with Crippen molar-refractivity contribution in [1.29, 1.82) is 0 Å². The number of hydrogen-bond acceptors (Lipinski definition) is 5. The van der Waals surface area contributed by atoms with Gasteiger partial charge in [-0.05, 0) is 68.5 Å². The first-order valence-electron chi connectivity index (χ1n) is 11.6. The first kappa shape index (κ1) is 25.0. The van der Waals surface area contributed by atoms with Gasteiger partial charge in [0.05, 0.1) is 13.2 Å². The van der Waals surface area contributed by atoms with Crippen molar-refractivity contribution in [1.82, 2.24) is 9.80 Å². The number of amides is 3. The molecular formula is C26H29BrN2O6. The number of hydrogen-bond donors (Lipinski definition) is 1. The van der Waals surface area contributed by atoms with Gasteiger partial charge in [0.1, 0.15) is 11.4 Å². The molecule has 2 aromatic rings. The molecule has 8 nitrogen and oxygen atoms in total. The Morgan fingerprint density at radius 1 is 1.14 bits per heavy atom. The second-order valence-electron chi connectivity index (χ2n) is 9.94. The molecule has 0 radical (unpaired) electrons. The summed E-state index contributed by atoms with van der Waals surface area (Å²) in [5, 5.41) is 9.22. The fourth-order valence-electron chi connectivity index (χ4n) is 4.57. The first-order chi connectivity index (χ1) is 16.5. The molecule has 1 saturated heterocycles. The van der Waals surface area contributed by atoms with E-state index in [4.69, 9.17) is 9.47 Å². The van der Waals surface area contributed by atoms with Crippen molar-refractivity contribution in [3.63, 3.8) is 0 Å². The molecule has 0 unspecified atom stereocenters. The quantitative estimate of drug-likeness (QED) is 0.545. The van der Waals surface area contributed by atoms with E-state index in [1.807, 2.05) is 32.9 Å². The molecule has 2 aliphatic heterocycles. The maximum atomic E-state index is 12.7. The van der Waals surface area contributed by atoms with Crippen molar-refractivity contribution >= 4 is 34.0 Å². The van der Waals surface area contributed by atoms with Crippen LogP contribution in [0.4, 0.5) is 9.59 Å². The lowest BCUT2D eigenvalue weighted by molar-refractivity contribution is 0.0111. The molecule has 1 N–H and O–H groups in total. The number of halogens is 1. The van der Waals surface area contributed by atoms with Gasteiger partial charge in [0.2, 0.25) is 0 Å². The van der Waals surface area contributed by atoms with Crippen molar-refractivity contribution in [3.8, 4) is 5.75 Å². The molecule has 186 valence electrons. The lowest BCUT2D eigenvalue weighted by atomic mass is 9.81. The Bertz CT molecular complexity index is 1130. The average molecular weight is 545 g/mol. The summed E-state index contributed by atoms with van der Waals surface area (Å²) in [6.45, 7) is 6.98. The Morgan fingerprint density at radius 3 is 2.51 bits per heavy atom. The third kappa shape index (κ3) is 5.78. The molecule has 2 heterocycles. The monoisotopic (exact) mass is 544 g/mol. The molecule has 0 aliphatic carbocycles. The summed E-state index contributed by atoms with van der Waals surface area (Å²) in [5.74, 6) is 0.130. The minimum Gasteiger partial charge on any atom is -0.493 e. The summed E-state index contributed by atoms with van der Waals surface area (Å²) in [7, 11) is 0. The number of nitrogens with zero attached hydrogens (tertiary/aromatic N) is 2. The third-order valence-corrected chi connectivity index (χ3v) is 6.79. The highest BCUT2D eigenvalue weighted by molar-refractivity contribution is 9.10. The van der Waals surface area contributed by atoms with Crippen LogP contribution >= 0.6 is 15.9 Å². The number of likely N-dealkylation sites (tertiary alicyclic amines) is 1. The highest BCUT2D eigenvalue weighted by Crippen LogP contribution is 2.35. The lowest BCUT2D eigenvalue weighted by Gasteiger charge is -2.39. The number of rotatable bonds is 4. The van der Waals surface area contributed by atoms with E-state index in [0.717, 1.165) is 15.8 Å². The van der Waals surface area contributed by atoms with Crippen LogP contribution in [0, 0.1) is 5.92 Å². The van der Waals surface area contributed by atoms with Crippen molar-refractivity contribution in [3.05, 3.63) is 63.6 Å². The summed E-state index contributed by atoms with van der Waals surface area (Å²) in [6.07, 6.45) is -0.838. The van der Waals surface area contributed by atoms with E-state index >= 15 is 0 Å². The molecule has 2 aliphatic rings. The van der Waals surface area contributed by atoms with E-state index in [1.165, 1.54) is 5.56 Å². The van der Waals surface area contributed by atoms with E-state index in [9.17, 15) is 19.5 Å². The Labute approximate surface area is 212 Å². The van der Waals surface area contributed by atoms with Crippen LogP contribution in [-0.2, 0) is 11.3 Å². The van der Waals surface area contributed by atoms with Gasteiger partial charge in [0.15, 0.2) is 0 Å². The molecule has 3 amide bonds. The smallest absolute Gasteiger partial charge is 0.414 e. The van der Waals surface area contributed by atoms with Crippen molar-refractivity contribution in [2.45, 2.75) is 45.3 Å². The highest BCUT2D eigenvalue weighted by atomic mass is 79.9. The molecular weight excluding hydrogens is 516 g/mol. The van der Waals surface area contributed by atoms with Gasteiger partial charge in [-0.15, -0.1) is 0 Å². The Balaban J connectivity index is 1.51. The summed E-state index contributed by atoms with van der Waals surface area (Å²) in [6, 6.07) is 13.3. The molecule has 0 spiro atoms. The summed E-state index contributed by atoms with van der Waals surface area (Å²) < 4.78 is 12.7. The fraction of sp³-hybridized carbons (Fsp3) is 0.423. The minimum atomic E-state index is -1.27. The van der Waals surface area contributed by atoms with Crippen molar-refractivity contribution < 1.29 is 29.0 Å². The largest absolute Gasteiger partial charge is 0.493 e. The van der Waals surface area contributed by atoms with Gasteiger partial charge in [0, 0.05) is 29.0 Å². The summed E-state index contributed by atoms with van der Waals surface area (Å²) in [5.41, 5.74) is 1.60. The van der Waals surface area contributed by atoms with Crippen molar-refractivity contribution in [2.24, 2.45) is 5.92 Å². The number of ether oxygens (including phenoxy) is 2. The zero-order valence-electron chi connectivity index (χ0n) is 20.0. The SMILES string of the molecule is CC(C)(C)OC(=O)N1CC[C@H](c2ccc(Br)cc2)[C@@H](COc2ccc3c(c2)C(=O)N(C(=O)O)C3)C1. The predicted octanol–water partition coefficient (Wildman–Crippen LogP) is 5.50. The number of carbonyl (C=O) groups is 3. The Hall–Kier alpha value is -3.07. The summed E-state index contributed by atoms with van der Waals surface area (Å²) >= 11 is 3.48. The van der Waals surface area contributed by atoms with E-state index < -0.39 is 17.6 Å². The number of carboxylic acid groups (broad SMARTS) is 1. The Morgan fingerprint density at radius 2 is 1.86 bits per heavy atom. The molecule has 2 aromatic carbocycles. The number of imide groups is 1. The van der Waals surface area contributed by atoms with E-state index in [0.29, 0.717) is 36.6 Å². The molecule has 0 saturated carbocycles. The molecule has 0 bridgehead atoms. The number of fused-ring (bicyclic) bond motifs is 1. The number of benzene rings is 2. The van der Waals surface area contributed by atoms with E-state index in [1.54, 1.807) is 23.1 Å². The van der Waals surface area contributed by atoms with Crippen LogP contribution < -0.4 is 4.74 Å². The molecule has 1 fully saturated rings. The van der Waals surface area contributed by atoms with Crippen LogP contribution in [0.25, 0.3) is 0 Å². The van der Waals surface area contributed by atoms with Crippen LogP contribution in [-0.4, -0.2) is 58.3 Å². The van der Waals surface area contributed by atoms with Gasteiger partial charge >= 0.3 is 12.2 Å². The molecule has 9 heteroatoms. The normalized spacial score (nSPS) is 19.9. The van der Waals surface area contributed by atoms with Gasteiger partial charge < -0.3 is 19.5 Å². The number of piperidine rings is 1. The zero-order valence-corrected chi connectivity index (χ0v) is 21.6. The van der Waals surface area contributed by atoms with Crippen LogP contribution in [0.3, 0.4) is 0 Å². The van der Waals surface area contributed by atoms with Gasteiger partial charge in [-0.2, -0.15) is 0 Å². The standard InChI is InChI=1S/C26H29BrN2O6/c1-26(2,3)35-25(33)28-11-10-21(16-4-7-19(27)8-5-16)18(13-28)15-34-20-9-6-17-14-29(24(31)32)23(30)22(17)12-20/h4-9,12,18,21H,10-11,13-15H2,1-3H3,(H,31,32)/t18-,21-/m1/s1. The molecule has 2 atom stereocenters. The Kier molecular flexibility index (Phi) is 7.07. The maximum absolute atomic E-state index is 12.7. The minimum absolute atomic E-state index is 0.00285. The van der Waals surface area contributed by atoms with Gasteiger partial charge in [-0.25, -0.2) is 14.5 Å². The van der Waals surface area contributed by atoms with E-state index in [2.05, 4.69) is 28.1 Å². The molecule has 4 rings (SSSR count). The van der Waals surface area contributed by atoms with Gasteiger partial charge in [-0.1, -0.05) is 34.1 Å². The van der Waals surface area contributed by atoms with Gasteiger partial charge in [-0.3, -0.25) is 4.79 Å². The highest BCUT2D eigenvalue weighted by Gasteiger charge is 2.35. The second kappa shape index (κ2) is 9.89. The second-order valence-corrected chi connectivity index (χ2v) is 10.9. The third-order valence-electron chi connectivity index (χ3n) is 6.26. The topological polar surface area (TPSA) is 96.4 Å². The lowest BCUT2D eigenvalue weighted by Crippen LogP contribution is -2.46. The zero-order chi connectivity index (χ0) is 25.3. The fourth-order valence-corrected chi connectivity index (χ4v) is 4.83. The van der Waals surface area contributed by atoms with Gasteiger partial charge in [0.25, 0.3) is 5.91 Å². The van der Waals surface area contributed by atoms with Crippen molar-refractivity contribution in [2.75, 3.05) is 19.7 Å². The van der Waals surface area contributed by atoms with Crippen LogP contribution in [0.15, 0.2) is 46.9 Å². The van der Waals surface area contributed by atoms with E-state index in [-0.39, 0.29) is 24.5 Å². The molecule has 35 heavy (non-hydrogen) atoms. The number of carbonyl (C=O) groups excluding carboxylic acids is 2. The predicted molar refractivity (Wildman–Crippen MR) is 133 cm³/mol. The maximum Gasteiger partial charge on any atom is 0.414 e.